The highest BCUT2D eigenvalue weighted by Crippen LogP contribution is 2.40. The van der Waals surface area contributed by atoms with Crippen LogP contribution in [0.4, 0.5) is 4.39 Å². The van der Waals surface area contributed by atoms with Crippen molar-refractivity contribution in [2.45, 2.75) is 43.8 Å². The molecule has 2 heteroatoms. The smallest absolute Gasteiger partial charge is 0.104 e. The van der Waals surface area contributed by atoms with Gasteiger partial charge in [-0.1, -0.05) is 6.42 Å². The molecule has 1 saturated carbocycles. The maximum absolute atomic E-state index is 12.5. The van der Waals surface area contributed by atoms with Gasteiger partial charge in [-0.15, -0.1) is 0 Å². The average molecular weight is 143 g/mol. The highest BCUT2D eigenvalue weighted by atomic mass is 19.1. The Hall–Kier alpha value is -0.110. The van der Waals surface area contributed by atoms with E-state index in [9.17, 15) is 4.39 Å². The van der Waals surface area contributed by atoms with E-state index in [4.69, 9.17) is 0 Å². The summed E-state index contributed by atoms with van der Waals surface area (Å²) in [5.41, 5.74) is 0.248. The molecule has 2 rings (SSSR count). The predicted molar refractivity (Wildman–Crippen MR) is 38.7 cm³/mol. The summed E-state index contributed by atoms with van der Waals surface area (Å²) in [5, 5.41) is 3.42. The van der Waals surface area contributed by atoms with Gasteiger partial charge >= 0.3 is 0 Å². The molecule has 0 aromatic rings. The van der Waals surface area contributed by atoms with Crippen molar-refractivity contribution in [2.75, 3.05) is 6.54 Å². The average Bonchev–Trinajstić information content (AvgIpc) is 1.87. The Kier molecular flexibility index (Phi) is 1.44. The van der Waals surface area contributed by atoms with Crippen LogP contribution in [0.1, 0.15) is 32.1 Å². The fourth-order valence-electron chi connectivity index (χ4n) is 2.17. The van der Waals surface area contributed by atoms with Gasteiger partial charge in [-0.2, -0.15) is 0 Å². The quantitative estimate of drug-likeness (QED) is 0.543. The Bertz CT molecular complexity index is 114. The molecule has 0 bridgehead atoms. The largest absolute Gasteiger partial charge is 0.311 e. The second-order valence-electron chi connectivity index (χ2n) is 3.67. The summed E-state index contributed by atoms with van der Waals surface area (Å²) in [6.45, 7) is 1.10. The molecule has 1 spiro atoms. The summed E-state index contributed by atoms with van der Waals surface area (Å²) in [7, 11) is 0. The second-order valence-corrected chi connectivity index (χ2v) is 3.67. The minimum absolute atomic E-state index is 0.248. The van der Waals surface area contributed by atoms with Crippen molar-refractivity contribution in [3.05, 3.63) is 0 Å². The molecular weight excluding hydrogens is 129 g/mol. The van der Waals surface area contributed by atoms with Gasteiger partial charge in [0.1, 0.15) is 6.17 Å². The first-order valence-electron chi connectivity index (χ1n) is 4.20. The number of rotatable bonds is 0. The maximum atomic E-state index is 12.5. The summed E-state index contributed by atoms with van der Waals surface area (Å²) in [6, 6.07) is 0. The molecule has 2 aliphatic rings. The number of halogens is 1. The molecule has 0 aromatic heterocycles. The van der Waals surface area contributed by atoms with Crippen LogP contribution in [0.3, 0.4) is 0 Å². The van der Waals surface area contributed by atoms with Gasteiger partial charge in [0.2, 0.25) is 0 Å². The van der Waals surface area contributed by atoms with Crippen molar-refractivity contribution in [1.82, 2.24) is 5.32 Å². The third-order valence-electron chi connectivity index (χ3n) is 2.81. The van der Waals surface area contributed by atoms with E-state index < -0.39 is 6.17 Å². The van der Waals surface area contributed by atoms with Crippen LogP contribution >= 0.6 is 0 Å². The Balaban J connectivity index is 1.90. The third-order valence-corrected chi connectivity index (χ3v) is 2.81. The van der Waals surface area contributed by atoms with Gasteiger partial charge < -0.3 is 5.32 Å². The standard InChI is InChI=1S/C8H14FN/c9-7-5-8(6-7)3-1-2-4-10-8/h7,10H,1-6H2. The van der Waals surface area contributed by atoms with Crippen molar-refractivity contribution < 1.29 is 4.39 Å². The lowest BCUT2D eigenvalue weighted by atomic mass is 9.70. The monoisotopic (exact) mass is 143 g/mol. The first-order valence-corrected chi connectivity index (χ1v) is 4.20. The molecule has 58 valence electrons. The van der Waals surface area contributed by atoms with Crippen molar-refractivity contribution >= 4 is 0 Å². The molecule has 1 aliphatic heterocycles. The zero-order valence-corrected chi connectivity index (χ0v) is 6.20. The molecule has 1 saturated heterocycles. The van der Waals surface area contributed by atoms with E-state index in [-0.39, 0.29) is 5.54 Å². The highest BCUT2D eigenvalue weighted by Gasteiger charge is 2.44. The Morgan fingerprint density at radius 3 is 2.60 bits per heavy atom. The van der Waals surface area contributed by atoms with E-state index in [0.717, 1.165) is 19.4 Å². The van der Waals surface area contributed by atoms with E-state index in [0.29, 0.717) is 0 Å². The zero-order valence-electron chi connectivity index (χ0n) is 6.20. The van der Waals surface area contributed by atoms with Crippen LogP contribution in [0.5, 0.6) is 0 Å². The Morgan fingerprint density at radius 2 is 2.10 bits per heavy atom. The third kappa shape index (κ3) is 0.947. The number of piperidine rings is 1. The summed E-state index contributed by atoms with van der Waals surface area (Å²) in [6.07, 6.45) is 4.80. The molecule has 2 fully saturated rings. The summed E-state index contributed by atoms with van der Waals surface area (Å²) >= 11 is 0. The van der Waals surface area contributed by atoms with Crippen LogP contribution in [-0.2, 0) is 0 Å². The zero-order chi connectivity index (χ0) is 7.03. The van der Waals surface area contributed by atoms with Crippen molar-refractivity contribution in [2.24, 2.45) is 0 Å². The molecule has 10 heavy (non-hydrogen) atoms. The van der Waals surface area contributed by atoms with Crippen LogP contribution in [0.25, 0.3) is 0 Å². The second kappa shape index (κ2) is 2.19. The molecule has 1 nitrogen and oxygen atoms in total. The van der Waals surface area contributed by atoms with E-state index >= 15 is 0 Å². The van der Waals surface area contributed by atoms with Gasteiger partial charge in [-0.25, -0.2) is 4.39 Å². The van der Waals surface area contributed by atoms with Gasteiger partial charge in [0, 0.05) is 5.54 Å². The van der Waals surface area contributed by atoms with Crippen LogP contribution in [0.2, 0.25) is 0 Å². The minimum atomic E-state index is -0.509. The molecule has 1 aliphatic carbocycles. The predicted octanol–water partition coefficient (Wildman–Crippen LogP) is 1.63. The van der Waals surface area contributed by atoms with E-state index in [1.807, 2.05) is 0 Å². The number of hydrogen-bond donors (Lipinski definition) is 1. The van der Waals surface area contributed by atoms with Crippen LogP contribution < -0.4 is 5.32 Å². The number of hydrogen-bond acceptors (Lipinski definition) is 1. The van der Waals surface area contributed by atoms with E-state index in [1.54, 1.807) is 0 Å². The Morgan fingerprint density at radius 1 is 1.30 bits per heavy atom. The summed E-state index contributed by atoms with van der Waals surface area (Å²) in [4.78, 5) is 0. The van der Waals surface area contributed by atoms with Gasteiger partial charge in [0.05, 0.1) is 0 Å². The van der Waals surface area contributed by atoms with Crippen molar-refractivity contribution in [3.8, 4) is 0 Å². The topological polar surface area (TPSA) is 12.0 Å². The fourth-order valence-corrected chi connectivity index (χ4v) is 2.17. The molecule has 0 atom stereocenters. The number of nitrogens with one attached hydrogen (secondary N) is 1. The van der Waals surface area contributed by atoms with Crippen LogP contribution in [0.15, 0.2) is 0 Å². The summed E-state index contributed by atoms with van der Waals surface area (Å²) < 4.78 is 12.5. The highest BCUT2D eigenvalue weighted by molar-refractivity contribution is 5.02. The SMILES string of the molecule is FC1CC2(CCCCN2)C1. The minimum Gasteiger partial charge on any atom is -0.311 e. The van der Waals surface area contributed by atoms with Crippen LogP contribution in [0, 0.1) is 0 Å². The lowest BCUT2D eigenvalue weighted by molar-refractivity contribution is 0.0458. The molecular formula is C8H14FN. The van der Waals surface area contributed by atoms with Crippen molar-refractivity contribution in [3.63, 3.8) is 0 Å². The van der Waals surface area contributed by atoms with E-state index in [2.05, 4.69) is 5.32 Å². The molecule has 1 N–H and O–H groups in total. The lowest BCUT2D eigenvalue weighted by Gasteiger charge is -2.47. The van der Waals surface area contributed by atoms with Gasteiger partial charge in [-0.3, -0.25) is 0 Å². The van der Waals surface area contributed by atoms with E-state index in [1.165, 1.54) is 19.3 Å². The first-order chi connectivity index (χ1) is 4.81. The first kappa shape index (κ1) is 6.59. The molecule has 0 radical (unpaired) electrons. The number of alkyl halides is 1. The molecule has 1 heterocycles. The van der Waals surface area contributed by atoms with Gasteiger partial charge in [0.15, 0.2) is 0 Å². The Labute approximate surface area is 61.0 Å². The maximum Gasteiger partial charge on any atom is 0.104 e. The normalized spacial score (nSPS) is 47.1. The molecule has 0 aromatic carbocycles. The molecule has 0 amide bonds. The van der Waals surface area contributed by atoms with Crippen molar-refractivity contribution in [1.29, 1.82) is 0 Å². The van der Waals surface area contributed by atoms with Gasteiger partial charge in [0.25, 0.3) is 0 Å². The lowest BCUT2D eigenvalue weighted by Crippen LogP contribution is -2.58. The van der Waals surface area contributed by atoms with Crippen LogP contribution in [-0.4, -0.2) is 18.3 Å². The van der Waals surface area contributed by atoms with Gasteiger partial charge in [-0.05, 0) is 32.2 Å². The summed E-state index contributed by atoms with van der Waals surface area (Å²) in [5.74, 6) is 0. The fraction of sp³-hybridized carbons (Fsp3) is 1.00. The molecule has 0 unspecified atom stereocenters.